The van der Waals surface area contributed by atoms with Gasteiger partial charge in [0.25, 0.3) is 0 Å². The summed E-state index contributed by atoms with van der Waals surface area (Å²) in [4.78, 5) is 1.13. The van der Waals surface area contributed by atoms with Gasteiger partial charge >= 0.3 is 0 Å². The lowest BCUT2D eigenvalue weighted by Gasteiger charge is -2.02. The fourth-order valence-electron chi connectivity index (χ4n) is 0.751. The van der Waals surface area contributed by atoms with Crippen LogP contribution in [0.25, 0.3) is 0 Å². The van der Waals surface area contributed by atoms with Gasteiger partial charge in [-0.25, -0.2) is 0 Å². The minimum Gasteiger partial charge on any atom is -0.385 e. The summed E-state index contributed by atoms with van der Waals surface area (Å²) in [5.74, 6) is 6.07. The molecule has 0 saturated carbocycles. The summed E-state index contributed by atoms with van der Waals surface area (Å²) < 4.78 is 1.06. The van der Waals surface area contributed by atoms with Crippen LogP contribution in [0.4, 0.5) is 0 Å². The van der Waals surface area contributed by atoms with Crippen molar-refractivity contribution in [1.29, 1.82) is 0 Å². The van der Waals surface area contributed by atoms with Crippen molar-refractivity contribution in [2.45, 2.75) is 4.90 Å². The normalized spacial score (nSPS) is 11.6. The molecule has 0 aliphatic carbocycles. The molecule has 4 N–H and O–H groups in total. The van der Waals surface area contributed by atoms with E-state index < -0.39 is 0 Å². The van der Waals surface area contributed by atoms with Gasteiger partial charge in [0.15, 0.2) is 0 Å². The number of rotatable bonds is 3. The molecule has 0 fully saturated rings. The Bertz CT molecular complexity index is 314. The maximum absolute atomic E-state index is 5.46. The summed E-state index contributed by atoms with van der Waals surface area (Å²) in [5.41, 5.74) is 5.46. The number of halogens is 1. The van der Waals surface area contributed by atoms with E-state index in [-0.39, 0.29) is 0 Å². The van der Waals surface area contributed by atoms with Crippen molar-refractivity contribution in [3.63, 3.8) is 0 Å². The Morgan fingerprint density at radius 1 is 1.46 bits per heavy atom. The maximum atomic E-state index is 5.46. The monoisotopic (exact) mass is 259 g/mol. The van der Waals surface area contributed by atoms with Crippen molar-refractivity contribution in [1.82, 2.24) is 0 Å². The first kappa shape index (κ1) is 10.4. The number of hydrazone groups is 1. The minimum absolute atomic E-state index is 0.445. The maximum Gasteiger partial charge on any atom is 0.129 e. The molecule has 0 heterocycles. The van der Waals surface area contributed by atoms with Gasteiger partial charge in [-0.3, -0.25) is 0 Å². The predicted molar refractivity (Wildman–Crippen MR) is 60.7 cm³/mol. The highest BCUT2D eigenvalue weighted by Crippen LogP contribution is 2.26. The van der Waals surface area contributed by atoms with E-state index in [0.29, 0.717) is 11.6 Å². The molecule has 0 aliphatic rings. The fourth-order valence-corrected chi connectivity index (χ4v) is 2.14. The van der Waals surface area contributed by atoms with Crippen molar-refractivity contribution < 1.29 is 0 Å². The third-order valence-corrected chi connectivity index (χ3v) is 3.44. The number of benzene rings is 1. The van der Waals surface area contributed by atoms with Gasteiger partial charge < -0.3 is 11.6 Å². The number of amidine groups is 1. The van der Waals surface area contributed by atoms with Gasteiger partial charge in [0, 0.05) is 9.37 Å². The number of nitrogens with zero attached hydrogens (tertiary/aromatic N) is 1. The van der Waals surface area contributed by atoms with E-state index in [1.807, 2.05) is 24.3 Å². The van der Waals surface area contributed by atoms with E-state index in [4.69, 9.17) is 11.6 Å². The third kappa shape index (κ3) is 3.28. The molecule has 1 rings (SSSR count). The SMILES string of the molecule is N/N=C(/N)CSc1ccccc1Br. The van der Waals surface area contributed by atoms with E-state index in [2.05, 4.69) is 21.0 Å². The van der Waals surface area contributed by atoms with Gasteiger partial charge in [0.05, 0.1) is 5.75 Å². The second-order valence-corrected chi connectivity index (χ2v) is 4.21. The number of thioether (sulfide) groups is 1. The van der Waals surface area contributed by atoms with Gasteiger partial charge in [-0.15, -0.1) is 11.8 Å². The lowest BCUT2D eigenvalue weighted by atomic mass is 10.4. The van der Waals surface area contributed by atoms with Crippen LogP contribution in [0.3, 0.4) is 0 Å². The van der Waals surface area contributed by atoms with Gasteiger partial charge in [-0.2, -0.15) is 5.10 Å². The van der Waals surface area contributed by atoms with Crippen LogP contribution in [-0.4, -0.2) is 11.6 Å². The Balaban J connectivity index is 2.60. The Morgan fingerprint density at radius 3 is 2.77 bits per heavy atom. The second kappa shape index (κ2) is 5.14. The van der Waals surface area contributed by atoms with Crippen LogP contribution in [0.5, 0.6) is 0 Å². The van der Waals surface area contributed by atoms with E-state index in [1.165, 1.54) is 0 Å². The first-order chi connectivity index (χ1) is 6.24. The highest BCUT2D eigenvalue weighted by Gasteiger charge is 1.99. The van der Waals surface area contributed by atoms with E-state index in [9.17, 15) is 0 Å². The summed E-state index contributed by atoms with van der Waals surface area (Å²) in [6, 6.07) is 7.94. The molecule has 70 valence electrons. The molecule has 3 nitrogen and oxygen atoms in total. The molecular formula is C8H10BrN3S. The standard InChI is InChI=1S/C8H10BrN3S/c9-6-3-1-2-4-7(6)13-5-8(10)12-11/h1-4H,5,11H2,(H2,10,12). The van der Waals surface area contributed by atoms with Crippen LogP contribution >= 0.6 is 27.7 Å². The fraction of sp³-hybridized carbons (Fsp3) is 0.125. The zero-order chi connectivity index (χ0) is 9.68. The summed E-state index contributed by atoms with van der Waals surface area (Å²) in [7, 11) is 0. The number of hydrogen-bond donors (Lipinski definition) is 2. The Morgan fingerprint density at radius 2 is 2.15 bits per heavy atom. The van der Waals surface area contributed by atoms with E-state index >= 15 is 0 Å². The van der Waals surface area contributed by atoms with Crippen LogP contribution in [-0.2, 0) is 0 Å². The Labute approximate surface area is 89.7 Å². The number of hydrogen-bond acceptors (Lipinski definition) is 3. The van der Waals surface area contributed by atoms with Crippen LogP contribution in [0.15, 0.2) is 38.7 Å². The van der Waals surface area contributed by atoms with Crippen LogP contribution in [0.2, 0.25) is 0 Å². The van der Waals surface area contributed by atoms with Crippen molar-refractivity contribution in [3.8, 4) is 0 Å². The Hall–Kier alpha value is -0.680. The minimum atomic E-state index is 0.445. The smallest absolute Gasteiger partial charge is 0.129 e. The summed E-state index contributed by atoms with van der Waals surface area (Å²) in [6.07, 6.45) is 0. The summed E-state index contributed by atoms with van der Waals surface area (Å²) >= 11 is 5.03. The molecule has 0 aromatic heterocycles. The topological polar surface area (TPSA) is 64.4 Å². The van der Waals surface area contributed by atoms with E-state index in [0.717, 1.165) is 9.37 Å². The Kier molecular flexibility index (Phi) is 4.11. The molecule has 0 amide bonds. The lowest BCUT2D eigenvalue weighted by Crippen LogP contribution is -2.16. The average molecular weight is 260 g/mol. The summed E-state index contributed by atoms with van der Waals surface area (Å²) in [6.45, 7) is 0. The molecule has 0 saturated heterocycles. The van der Waals surface area contributed by atoms with Crippen LogP contribution in [0.1, 0.15) is 0 Å². The molecule has 1 aromatic carbocycles. The summed E-state index contributed by atoms with van der Waals surface area (Å²) in [5, 5.41) is 3.39. The number of nitrogens with two attached hydrogens (primary N) is 2. The molecule has 5 heteroatoms. The quantitative estimate of drug-likeness (QED) is 0.286. The predicted octanol–water partition coefficient (Wildman–Crippen LogP) is 1.77. The molecule has 0 radical (unpaired) electrons. The lowest BCUT2D eigenvalue weighted by molar-refractivity contribution is 1.22. The largest absolute Gasteiger partial charge is 0.385 e. The highest BCUT2D eigenvalue weighted by molar-refractivity contribution is 9.10. The zero-order valence-corrected chi connectivity index (χ0v) is 9.31. The highest BCUT2D eigenvalue weighted by atomic mass is 79.9. The van der Waals surface area contributed by atoms with Gasteiger partial charge in [-0.05, 0) is 28.1 Å². The van der Waals surface area contributed by atoms with Gasteiger partial charge in [0.1, 0.15) is 5.84 Å². The van der Waals surface area contributed by atoms with Crippen molar-refractivity contribution >= 4 is 33.5 Å². The molecule has 0 atom stereocenters. The van der Waals surface area contributed by atoms with Gasteiger partial charge in [-0.1, -0.05) is 12.1 Å². The van der Waals surface area contributed by atoms with Crippen molar-refractivity contribution in [3.05, 3.63) is 28.7 Å². The molecule has 1 aromatic rings. The molecule has 0 spiro atoms. The second-order valence-electron chi connectivity index (χ2n) is 2.34. The first-order valence-electron chi connectivity index (χ1n) is 3.63. The average Bonchev–Trinajstić information content (AvgIpc) is 2.16. The molecule has 13 heavy (non-hydrogen) atoms. The molecule has 0 bridgehead atoms. The molecular weight excluding hydrogens is 250 g/mol. The molecule has 0 unspecified atom stereocenters. The first-order valence-corrected chi connectivity index (χ1v) is 5.41. The van der Waals surface area contributed by atoms with E-state index in [1.54, 1.807) is 11.8 Å². The van der Waals surface area contributed by atoms with Gasteiger partial charge in [0.2, 0.25) is 0 Å². The van der Waals surface area contributed by atoms with Crippen LogP contribution in [0, 0.1) is 0 Å². The van der Waals surface area contributed by atoms with Crippen molar-refractivity contribution in [2.75, 3.05) is 5.75 Å². The third-order valence-electron chi connectivity index (χ3n) is 1.38. The molecule has 0 aliphatic heterocycles. The van der Waals surface area contributed by atoms with Crippen molar-refractivity contribution in [2.24, 2.45) is 16.7 Å². The zero-order valence-electron chi connectivity index (χ0n) is 6.90. The van der Waals surface area contributed by atoms with Crippen LogP contribution < -0.4 is 11.6 Å².